The minimum absolute atomic E-state index is 0. The van der Waals surface area contributed by atoms with Crippen LogP contribution in [0.3, 0.4) is 0 Å². The van der Waals surface area contributed by atoms with Crippen molar-refractivity contribution in [2.24, 2.45) is 0 Å². The molecule has 0 fully saturated rings. The van der Waals surface area contributed by atoms with Crippen LogP contribution in [0.15, 0.2) is 36.4 Å². The van der Waals surface area contributed by atoms with E-state index in [2.05, 4.69) is 0 Å². The van der Waals surface area contributed by atoms with E-state index in [1.807, 2.05) is 0 Å². The van der Waals surface area contributed by atoms with E-state index in [1.165, 1.54) is 24.3 Å². The van der Waals surface area contributed by atoms with Gasteiger partial charge < -0.3 is 10.2 Å². The summed E-state index contributed by atoms with van der Waals surface area (Å²) in [4.78, 5) is 0. The summed E-state index contributed by atoms with van der Waals surface area (Å²) >= 11 is 22.0. The van der Waals surface area contributed by atoms with Gasteiger partial charge in [-0.3, -0.25) is 0 Å². The molecule has 0 amide bonds. The van der Waals surface area contributed by atoms with E-state index >= 15 is 0 Å². The monoisotopic (exact) mass is 387 g/mol. The van der Waals surface area contributed by atoms with Gasteiger partial charge in [0.2, 0.25) is 0 Å². The zero-order chi connectivity index (χ0) is 13.7. The fourth-order valence-electron chi connectivity index (χ4n) is 0.963. The number of halogens is 4. The molecule has 7 heteroatoms. The summed E-state index contributed by atoms with van der Waals surface area (Å²) in [7, 11) is 0. The maximum Gasteiger partial charge on any atom is 0.134 e. The van der Waals surface area contributed by atoms with Crippen LogP contribution in [0.25, 0.3) is 0 Å². The van der Waals surface area contributed by atoms with E-state index in [1.54, 1.807) is 12.1 Å². The Kier molecular flexibility index (Phi) is 8.67. The maximum atomic E-state index is 8.85. The van der Waals surface area contributed by atoms with Gasteiger partial charge in [0, 0.05) is 27.1 Å². The molecule has 0 heterocycles. The molecule has 0 aliphatic rings. The smallest absolute Gasteiger partial charge is 0.134 e. The quantitative estimate of drug-likeness (QED) is 0.593. The third-order valence-electron chi connectivity index (χ3n) is 1.82. The van der Waals surface area contributed by atoms with E-state index in [9.17, 15) is 0 Å². The minimum Gasteiger partial charge on any atom is -0.506 e. The Balaban J connectivity index is 0.000000324. The Hall–Kier alpha value is -0.281. The molecular weight excluding hydrogens is 381 g/mol. The van der Waals surface area contributed by atoms with E-state index in [0.717, 1.165) is 0 Å². The van der Waals surface area contributed by atoms with Crippen LogP contribution in [-0.2, 0) is 17.1 Å². The fraction of sp³-hybridized carbons (Fsp3) is 0. The number of hydrogen-bond donors (Lipinski definition) is 2. The standard InChI is InChI=1S/2C6H4Cl2O.Cu/c2*7-4-1-2-6(9)5(8)3-4;/h2*1-3,9H;. The molecular formula is C12H8Cl4CuO2. The maximum absolute atomic E-state index is 8.85. The summed E-state index contributed by atoms with van der Waals surface area (Å²) in [5.74, 6) is 0.113. The first kappa shape index (κ1) is 18.7. The average Bonchev–Trinajstić information content (AvgIpc) is 2.30. The van der Waals surface area contributed by atoms with E-state index in [0.29, 0.717) is 10.0 Å². The predicted octanol–water partition coefficient (Wildman–Crippen LogP) is 5.40. The van der Waals surface area contributed by atoms with Gasteiger partial charge in [-0.15, -0.1) is 0 Å². The first-order valence-corrected chi connectivity index (χ1v) is 6.19. The molecule has 0 atom stereocenters. The number of aromatic hydroxyl groups is 2. The molecule has 2 aromatic carbocycles. The van der Waals surface area contributed by atoms with Crippen molar-refractivity contribution in [3.63, 3.8) is 0 Å². The summed E-state index contributed by atoms with van der Waals surface area (Å²) in [6.07, 6.45) is 0. The van der Waals surface area contributed by atoms with Crippen LogP contribution in [0.1, 0.15) is 0 Å². The molecule has 2 rings (SSSR count). The summed E-state index contributed by atoms with van der Waals surface area (Å²) in [6, 6.07) is 9.01. The van der Waals surface area contributed by atoms with Crippen molar-refractivity contribution < 1.29 is 27.3 Å². The number of hydrogen-bond acceptors (Lipinski definition) is 2. The largest absolute Gasteiger partial charge is 0.506 e. The normalized spacial score (nSPS) is 9.05. The van der Waals surface area contributed by atoms with Gasteiger partial charge in [0.1, 0.15) is 11.5 Å². The van der Waals surface area contributed by atoms with Crippen LogP contribution in [-0.4, -0.2) is 10.2 Å². The van der Waals surface area contributed by atoms with Gasteiger partial charge in [0.05, 0.1) is 10.0 Å². The molecule has 2 N–H and O–H groups in total. The minimum atomic E-state index is 0. The van der Waals surface area contributed by atoms with Gasteiger partial charge in [-0.2, -0.15) is 0 Å². The first-order valence-electron chi connectivity index (χ1n) is 4.68. The predicted molar refractivity (Wildman–Crippen MR) is 76.3 cm³/mol. The molecule has 0 unspecified atom stereocenters. The Morgan fingerprint density at radius 1 is 0.632 bits per heavy atom. The molecule has 107 valence electrons. The zero-order valence-electron chi connectivity index (χ0n) is 9.17. The Morgan fingerprint density at radius 3 is 1.16 bits per heavy atom. The van der Waals surface area contributed by atoms with Gasteiger partial charge in [-0.1, -0.05) is 46.4 Å². The second-order valence-electron chi connectivity index (χ2n) is 3.19. The van der Waals surface area contributed by atoms with Crippen LogP contribution in [0.2, 0.25) is 20.1 Å². The van der Waals surface area contributed by atoms with Crippen molar-refractivity contribution in [2.75, 3.05) is 0 Å². The molecule has 0 saturated heterocycles. The number of phenols is 2. The molecule has 1 radical (unpaired) electrons. The van der Waals surface area contributed by atoms with Crippen molar-refractivity contribution in [1.82, 2.24) is 0 Å². The van der Waals surface area contributed by atoms with Gasteiger partial charge in [0.15, 0.2) is 0 Å². The van der Waals surface area contributed by atoms with Crippen LogP contribution in [0.5, 0.6) is 11.5 Å². The molecule has 0 saturated carbocycles. The van der Waals surface area contributed by atoms with E-state index in [4.69, 9.17) is 56.6 Å². The number of benzene rings is 2. The molecule has 0 aromatic heterocycles. The molecule has 0 bridgehead atoms. The third-order valence-corrected chi connectivity index (χ3v) is 2.90. The van der Waals surface area contributed by atoms with Crippen LogP contribution in [0, 0.1) is 0 Å². The van der Waals surface area contributed by atoms with Crippen LogP contribution < -0.4 is 0 Å². The summed E-state index contributed by atoms with van der Waals surface area (Å²) in [5, 5.41) is 19.3. The number of rotatable bonds is 0. The Labute approximate surface area is 141 Å². The number of phenolic OH excluding ortho intramolecular Hbond substituents is 2. The fourth-order valence-corrected chi connectivity index (χ4v) is 1.78. The van der Waals surface area contributed by atoms with Gasteiger partial charge >= 0.3 is 0 Å². The van der Waals surface area contributed by atoms with Crippen molar-refractivity contribution in [2.45, 2.75) is 0 Å². The summed E-state index contributed by atoms with van der Waals surface area (Å²) in [6.45, 7) is 0. The topological polar surface area (TPSA) is 40.5 Å². The Bertz CT molecular complexity index is 500. The van der Waals surface area contributed by atoms with E-state index in [-0.39, 0.29) is 38.6 Å². The van der Waals surface area contributed by atoms with Crippen LogP contribution >= 0.6 is 46.4 Å². The zero-order valence-corrected chi connectivity index (χ0v) is 13.1. The third kappa shape index (κ3) is 6.62. The van der Waals surface area contributed by atoms with Gasteiger partial charge in [-0.05, 0) is 36.4 Å². The van der Waals surface area contributed by atoms with Crippen LogP contribution in [0.4, 0.5) is 0 Å². The molecule has 2 aromatic rings. The average molecular weight is 390 g/mol. The summed E-state index contributed by atoms with van der Waals surface area (Å²) < 4.78 is 0. The van der Waals surface area contributed by atoms with Gasteiger partial charge in [-0.25, -0.2) is 0 Å². The summed E-state index contributed by atoms with van der Waals surface area (Å²) in [5.41, 5.74) is 0. The van der Waals surface area contributed by atoms with Crippen molar-refractivity contribution in [1.29, 1.82) is 0 Å². The van der Waals surface area contributed by atoms with Crippen molar-refractivity contribution >= 4 is 46.4 Å². The van der Waals surface area contributed by atoms with Crippen molar-refractivity contribution in [3.8, 4) is 11.5 Å². The Morgan fingerprint density at radius 2 is 0.947 bits per heavy atom. The molecule has 19 heavy (non-hydrogen) atoms. The molecule has 0 spiro atoms. The second kappa shape index (κ2) is 8.80. The molecule has 2 nitrogen and oxygen atoms in total. The second-order valence-corrected chi connectivity index (χ2v) is 4.88. The first-order chi connectivity index (χ1) is 8.40. The van der Waals surface area contributed by atoms with Crippen molar-refractivity contribution in [3.05, 3.63) is 56.5 Å². The van der Waals surface area contributed by atoms with Gasteiger partial charge in [0.25, 0.3) is 0 Å². The molecule has 0 aliphatic heterocycles. The molecule has 0 aliphatic carbocycles. The van der Waals surface area contributed by atoms with E-state index < -0.39 is 0 Å². The SMILES string of the molecule is Oc1ccc(Cl)cc1Cl.Oc1ccc(Cl)cc1Cl.[Cu].